The molecule has 5 heterocycles. The number of hydrogen-bond donors (Lipinski definition) is 2. The zero-order chi connectivity index (χ0) is 35.5. The number of nitrogens with zero attached hydrogens (tertiary/aromatic N) is 5. The quantitative estimate of drug-likeness (QED) is 0.193. The van der Waals surface area contributed by atoms with E-state index in [4.69, 9.17) is 15.3 Å². The Balaban J connectivity index is 1.36. The summed E-state index contributed by atoms with van der Waals surface area (Å²) in [6, 6.07) is 5.32. The predicted octanol–water partition coefficient (Wildman–Crippen LogP) is 5.74. The highest BCUT2D eigenvalue weighted by molar-refractivity contribution is 6.03. The molecule has 0 spiro atoms. The molecule has 0 radical (unpaired) electrons. The summed E-state index contributed by atoms with van der Waals surface area (Å²) in [7, 11) is 0. The van der Waals surface area contributed by atoms with Crippen LogP contribution in [0.25, 0.3) is 32.9 Å². The van der Waals surface area contributed by atoms with Crippen molar-refractivity contribution in [2.24, 2.45) is 11.3 Å². The number of piperidine rings is 1. The van der Waals surface area contributed by atoms with Gasteiger partial charge in [-0.2, -0.15) is 9.97 Å². The van der Waals surface area contributed by atoms with Gasteiger partial charge in [0.05, 0.1) is 17.6 Å². The van der Waals surface area contributed by atoms with Crippen LogP contribution in [0.1, 0.15) is 42.3 Å². The number of aromatic hydroxyl groups is 1. The lowest BCUT2D eigenvalue weighted by Gasteiger charge is -2.46. The molecule has 3 aliphatic rings. The first-order valence-corrected chi connectivity index (χ1v) is 15.8. The molecule has 8 nitrogen and oxygen atoms in total. The molecule has 3 aliphatic heterocycles. The van der Waals surface area contributed by atoms with Crippen LogP contribution in [0, 0.1) is 35.3 Å². The van der Waals surface area contributed by atoms with Gasteiger partial charge in [0, 0.05) is 64.3 Å². The smallest absolute Gasteiger partial charge is 0.319 e. The molecule has 3 fully saturated rings. The van der Waals surface area contributed by atoms with E-state index in [2.05, 4.69) is 26.2 Å². The summed E-state index contributed by atoms with van der Waals surface area (Å²) in [5.74, 6) is -0.301. The highest BCUT2D eigenvalue weighted by Crippen LogP contribution is 2.43. The summed E-state index contributed by atoms with van der Waals surface area (Å²) in [6.45, 7) is -0.129. The Kier molecular flexibility index (Phi) is 7.18. The third kappa shape index (κ3) is 5.49. The van der Waals surface area contributed by atoms with Gasteiger partial charge in [-0.25, -0.2) is 17.6 Å². The maximum absolute atomic E-state index is 16.9. The lowest BCUT2D eigenvalue weighted by atomic mass is 9.69. The SMILES string of the molecule is [2H]C([2H])([2H])N1CC[C@H](C(F)F)[C@](CC)(COc2nc(N3C[C@H]4CC[C@@H](C3)N4)c3cnc(-c4cc(O)cc5ccc(F)c(C#C)c45)c(F)c3n2)C1. The van der Waals surface area contributed by atoms with E-state index in [1.165, 1.54) is 35.4 Å². The number of nitrogens with one attached hydrogen (secondary N) is 1. The molecule has 4 atom stereocenters. The fourth-order valence-corrected chi connectivity index (χ4v) is 7.65. The largest absolute Gasteiger partial charge is 0.508 e. The first kappa shape index (κ1) is 27.9. The van der Waals surface area contributed by atoms with E-state index in [0.717, 1.165) is 12.8 Å². The Morgan fingerprint density at radius 2 is 1.98 bits per heavy atom. The minimum Gasteiger partial charge on any atom is -0.508 e. The number of fused-ring (bicyclic) bond motifs is 4. The molecular formula is C35H36F4N6O2. The molecule has 2 N–H and O–H groups in total. The van der Waals surface area contributed by atoms with Gasteiger partial charge in [-0.15, -0.1) is 6.42 Å². The predicted molar refractivity (Wildman–Crippen MR) is 172 cm³/mol. The van der Waals surface area contributed by atoms with Gasteiger partial charge in [-0.3, -0.25) is 4.98 Å². The molecule has 246 valence electrons. The van der Waals surface area contributed by atoms with Crippen molar-refractivity contribution in [2.45, 2.75) is 51.1 Å². The van der Waals surface area contributed by atoms with Crippen molar-refractivity contribution in [1.82, 2.24) is 25.2 Å². The van der Waals surface area contributed by atoms with E-state index in [9.17, 15) is 18.3 Å². The summed E-state index contributed by atoms with van der Waals surface area (Å²) >= 11 is 0. The number of alkyl halides is 2. The lowest BCUT2D eigenvalue weighted by Crippen LogP contribution is -2.52. The minimum absolute atomic E-state index is 0.00872. The van der Waals surface area contributed by atoms with Crippen LogP contribution in [0.2, 0.25) is 0 Å². The number of rotatable bonds is 7. The van der Waals surface area contributed by atoms with Crippen molar-refractivity contribution in [3.05, 3.63) is 47.7 Å². The molecule has 0 aliphatic carbocycles. The normalized spacial score (nSPS) is 25.9. The number of phenolic OH excluding ortho intramolecular Hbond substituents is 1. The number of hydrogen-bond acceptors (Lipinski definition) is 8. The lowest BCUT2D eigenvalue weighted by molar-refractivity contribution is -0.0798. The van der Waals surface area contributed by atoms with E-state index in [-0.39, 0.29) is 89.5 Å². The van der Waals surface area contributed by atoms with Crippen molar-refractivity contribution in [1.29, 1.82) is 0 Å². The molecule has 2 aromatic carbocycles. The Bertz CT molecular complexity index is 2000. The van der Waals surface area contributed by atoms with E-state index in [0.29, 0.717) is 24.3 Å². The first-order valence-electron chi connectivity index (χ1n) is 17.3. The average Bonchev–Trinajstić information content (AvgIpc) is 3.43. The number of piperazine rings is 1. The van der Waals surface area contributed by atoms with E-state index >= 15 is 4.39 Å². The molecule has 0 saturated carbocycles. The van der Waals surface area contributed by atoms with Gasteiger partial charge in [-0.1, -0.05) is 18.9 Å². The van der Waals surface area contributed by atoms with Crippen LogP contribution in [0.15, 0.2) is 30.5 Å². The highest BCUT2D eigenvalue weighted by Gasteiger charge is 2.47. The number of pyridine rings is 1. The monoisotopic (exact) mass is 651 g/mol. The van der Waals surface area contributed by atoms with Crippen LogP contribution in [-0.4, -0.2) is 83.2 Å². The number of terminal acetylenes is 1. The summed E-state index contributed by atoms with van der Waals surface area (Å²) in [4.78, 5) is 16.8. The van der Waals surface area contributed by atoms with Crippen molar-refractivity contribution in [2.75, 3.05) is 44.7 Å². The van der Waals surface area contributed by atoms with E-state index in [1.54, 1.807) is 6.92 Å². The zero-order valence-electron chi connectivity index (χ0n) is 28.7. The highest BCUT2D eigenvalue weighted by atomic mass is 19.3. The van der Waals surface area contributed by atoms with Crippen LogP contribution in [-0.2, 0) is 0 Å². The number of halogens is 4. The third-order valence-electron chi connectivity index (χ3n) is 10.1. The molecule has 12 heteroatoms. The van der Waals surface area contributed by atoms with Gasteiger partial charge < -0.3 is 25.0 Å². The molecule has 47 heavy (non-hydrogen) atoms. The molecule has 3 saturated heterocycles. The molecule has 2 bridgehead atoms. The summed E-state index contributed by atoms with van der Waals surface area (Å²) in [5.41, 5.74) is -1.77. The molecule has 0 amide bonds. The summed E-state index contributed by atoms with van der Waals surface area (Å²) < 4.78 is 90.6. The van der Waals surface area contributed by atoms with Crippen LogP contribution in [0.4, 0.5) is 23.4 Å². The van der Waals surface area contributed by atoms with E-state index < -0.39 is 36.4 Å². The summed E-state index contributed by atoms with van der Waals surface area (Å²) in [6.07, 6.45) is 6.42. The van der Waals surface area contributed by atoms with Gasteiger partial charge in [0.15, 0.2) is 5.82 Å². The number of aromatic nitrogens is 3. The third-order valence-corrected chi connectivity index (χ3v) is 10.1. The maximum atomic E-state index is 16.9. The topological polar surface area (TPSA) is 86.6 Å². The Hall–Kier alpha value is -4.21. The Labute approximate surface area is 274 Å². The molecular weight excluding hydrogens is 612 g/mol. The van der Waals surface area contributed by atoms with Gasteiger partial charge in [0.2, 0.25) is 6.43 Å². The second-order valence-electron chi connectivity index (χ2n) is 12.9. The first-order chi connectivity index (χ1) is 23.8. The van der Waals surface area contributed by atoms with Gasteiger partial charge in [0.25, 0.3) is 0 Å². The second kappa shape index (κ2) is 12.1. The number of likely N-dealkylation sites (tertiary alicyclic amines) is 1. The number of benzene rings is 2. The molecule has 2 aromatic heterocycles. The average molecular weight is 652 g/mol. The Morgan fingerprint density at radius 1 is 1.19 bits per heavy atom. The van der Waals surface area contributed by atoms with Gasteiger partial charge in [-0.05, 0) is 62.8 Å². The summed E-state index contributed by atoms with van der Waals surface area (Å²) in [5, 5.41) is 14.9. The number of phenols is 1. The van der Waals surface area contributed by atoms with Crippen molar-refractivity contribution in [3.8, 4) is 35.4 Å². The maximum Gasteiger partial charge on any atom is 0.319 e. The van der Waals surface area contributed by atoms with E-state index in [1.807, 2.05) is 4.90 Å². The van der Waals surface area contributed by atoms with Crippen molar-refractivity contribution in [3.63, 3.8) is 0 Å². The zero-order valence-corrected chi connectivity index (χ0v) is 25.7. The standard InChI is InChI=1S/C35H36F4N6O2/c1-4-23-27(36)9-6-19-12-22(46)13-24(28(19)23)30-29(37)31-25(14-40-30)33(45-15-20-7-8-21(16-45)41-20)43-34(42-31)47-18-35(5-2)17-44(3)11-10-26(35)32(38)39/h1,6,9,12-14,20-21,26,32,41,46H,5,7-8,10-11,15-18H2,2-3H3/t20-,21+,26-,35+/m1/s1/i3D3. The van der Waals surface area contributed by atoms with Crippen LogP contribution in [0.3, 0.4) is 0 Å². The molecule has 0 unspecified atom stereocenters. The van der Waals surface area contributed by atoms with Crippen molar-refractivity contribution < 1.29 is 31.5 Å². The molecule has 4 aromatic rings. The number of ether oxygens (including phenoxy) is 1. The van der Waals surface area contributed by atoms with Crippen LogP contribution >= 0.6 is 0 Å². The van der Waals surface area contributed by atoms with Crippen LogP contribution < -0.4 is 15.0 Å². The van der Waals surface area contributed by atoms with Gasteiger partial charge in [0.1, 0.15) is 28.6 Å². The minimum atomic E-state index is -2.72. The van der Waals surface area contributed by atoms with Crippen LogP contribution in [0.5, 0.6) is 11.8 Å². The fourth-order valence-electron chi connectivity index (χ4n) is 7.65. The fraction of sp³-hybridized carbons (Fsp3) is 0.457. The van der Waals surface area contributed by atoms with Crippen molar-refractivity contribution >= 4 is 27.5 Å². The molecule has 7 rings (SSSR count). The number of anilines is 1. The van der Waals surface area contributed by atoms with Gasteiger partial charge >= 0.3 is 6.01 Å². The Morgan fingerprint density at radius 3 is 2.68 bits per heavy atom. The second-order valence-corrected chi connectivity index (χ2v) is 12.9.